The fourth-order valence-electron chi connectivity index (χ4n) is 8.57. The summed E-state index contributed by atoms with van der Waals surface area (Å²) in [5.41, 5.74) is 0. The third-order valence-electron chi connectivity index (χ3n) is 13.2. The molecule has 6 heteroatoms. The first kappa shape index (κ1) is 67.6. The average molecular weight is 980 g/mol. The zero-order valence-corrected chi connectivity index (χ0v) is 47.5. The Balaban J connectivity index is 5.09. The van der Waals surface area contributed by atoms with Gasteiger partial charge in [-0.1, -0.05) is 209 Å². The zero-order valence-electron chi connectivity index (χ0n) is 47.5. The van der Waals surface area contributed by atoms with E-state index in [9.17, 15) is 4.79 Å². The van der Waals surface area contributed by atoms with Crippen LogP contribution in [0.3, 0.4) is 0 Å². The molecule has 2 unspecified atom stereocenters. The Labute approximate surface area is 437 Å². The Morgan fingerprint density at radius 1 is 0.386 bits per heavy atom. The van der Waals surface area contributed by atoms with Gasteiger partial charge in [-0.05, 0) is 149 Å². The quantitative estimate of drug-likeness (QED) is 0.0449. The molecular formula is C64H118N2O4. The topological polar surface area (TPSA) is 51.2 Å². The minimum absolute atomic E-state index is 0.240. The summed E-state index contributed by atoms with van der Waals surface area (Å²) in [6.07, 6.45) is 73.1. The zero-order chi connectivity index (χ0) is 50.9. The Morgan fingerprint density at radius 3 is 1.14 bits per heavy atom. The van der Waals surface area contributed by atoms with Crippen molar-refractivity contribution in [3.05, 3.63) is 72.9 Å². The molecule has 2 atom stereocenters. The van der Waals surface area contributed by atoms with Crippen LogP contribution in [0, 0.1) is 0 Å². The van der Waals surface area contributed by atoms with Crippen molar-refractivity contribution in [1.82, 2.24) is 9.80 Å². The van der Waals surface area contributed by atoms with E-state index in [0.29, 0.717) is 19.8 Å². The molecule has 0 spiro atoms. The summed E-state index contributed by atoms with van der Waals surface area (Å²) in [6, 6.07) is 0. The lowest BCUT2D eigenvalue weighted by Crippen LogP contribution is -2.41. The van der Waals surface area contributed by atoms with Crippen LogP contribution in [0.2, 0.25) is 0 Å². The molecule has 0 aliphatic carbocycles. The number of nitrogens with zero attached hydrogens (tertiary/aromatic N) is 2. The average Bonchev–Trinajstić information content (AvgIpc) is 3.35. The number of carbonyl (C=O) groups is 1. The van der Waals surface area contributed by atoms with Gasteiger partial charge in [0.15, 0.2) is 0 Å². The van der Waals surface area contributed by atoms with Crippen LogP contribution >= 0.6 is 0 Å². The highest BCUT2D eigenvalue weighted by Gasteiger charge is 2.27. The van der Waals surface area contributed by atoms with E-state index in [-0.39, 0.29) is 18.3 Å². The van der Waals surface area contributed by atoms with E-state index in [1.807, 2.05) is 7.05 Å². The highest BCUT2D eigenvalue weighted by molar-refractivity contribution is 5.67. The lowest BCUT2D eigenvalue weighted by molar-refractivity contribution is -0.0901. The predicted octanol–water partition coefficient (Wildman–Crippen LogP) is 19.6. The fraction of sp³-hybridized carbons (Fsp3) is 0.797. The van der Waals surface area contributed by atoms with E-state index in [1.54, 1.807) is 4.90 Å². The Hall–Kier alpha value is -2.41. The second kappa shape index (κ2) is 57.5. The Morgan fingerprint density at radius 2 is 0.743 bits per heavy atom. The number of unbranched alkanes of at least 4 members (excludes halogenated alkanes) is 27. The van der Waals surface area contributed by atoms with Gasteiger partial charge in [0.1, 0.15) is 12.2 Å². The third-order valence-corrected chi connectivity index (χ3v) is 13.2. The summed E-state index contributed by atoms with van der Waals surface area (Å²) in [4.78, 5) is 17.5. The molecule has 1 amide bonds. The van der Waals surface area contributed by atoms with Crippen molar-refractivity contribution in [3.63, 3.8) is 0 Å². The summed E-state index contributed by atoms with van der Waals surface area (Å²) in [7, 11) is 6.03. The van der Waals surface area contributed by atoms with Crippen molar-refractivity contribution in [1.29, 1.82) is 0 Å². The van der Waals surface area contributed by atoms with Gasteiger partial charge in [0.2, 0.25) is 0 Å². The Kier molecular flexibility index (Phi) is 55.5. The lowest BCUT2D eigenvalue weighted by atomic mass is 10.0. The minimum atomic E-state index is -0.310. The molecule has 0 aliphatic rings. The van der Waals surface area contributed by atoms with Crippen LogP contribution in [0.25, 0.3) is 0 Å². The fourth-order valence-corrected chi connectivity index (χ4v) is 8.57. The van der Waals surface area contributed by atoms with Crippen molar-refractivity contribution in [2.75, 3.05) is 54.1 Å². The molecule has 0 fully saturated rings. The Bertz CT molecular complexity index is 1240. The molecule has 0 radical (unpaired) electrons. The van der Waals surface area contributed by atoms with Crippen molar-refractivity contribution < 1.29 is 19.0 Å². The monoisotopic (exact) mass is 979 g/mol. The maximum atomic E-state index is 13.6. The van der Waals surface area contributed by atoms with E-state index in [1.165, 1.54) is 186 Å². The maximum absolute atomic E-state index is 13.6. The molecule has 0 aromatic carbocycles. The van der Waals surface area contributed by atoms with Gasteiger partial charge in [-0.3, -0.25) is 0 Å². The van der Waals surface area contributed by atoms with Crippen LogP contribution in [-0.2, 0) is 14.2 Å². The van der Waals surface area contributed by atoms with Gasteiger partial charge in [0.05, 0.1) is 6.61 Å². The minimum Gasteiger partial charge on any atom is -0.443 e. The maximum Gasteiger partial charge on any atom is 0.409 e. The molecule has 0 aromatic rings. The molecular weight excluding hydrogens is 861 g/mol. The van der Waals surface area contributed by atoms with Crippen LogP contribution in [0.5, 0.6) is 0 Å². The van der Waals surface area contributed by atoms with Crippen molar-refractivity contribution in [2.24, 2.45) is 0 Å². The van der Waals surface area contributed by atoms with Crippen molar-refractivity contribution in [3.8, 4) is 0 Å². The largest absolute Gasteiger partial charge is 0.443 e. The van der Waals surface area contributed by atoms with E-state index in [0.717, 1.165) is 70.9 Å². The highest BCUT2D eigenvalue weighted by Crippen LogP contribution is 2.19. The van der Waals surface area contributed by atoms with Gasteiger partial charge >= 0.3 is 6.09 Å². The van der Waals surface area contributed by atoms with E-state index in [2.05, 4.69) is 113 Å². The van der Waals surface area contributed by atoms with Gasteiger partial charge in [0.25, 0.3) is 0 Å². The van der Waals surface area contributed by atoms with Crippen molar-refractivity contribution >= 4 is 6.09 Å². The molecule has 6 nitrogen and oxygen atoms in total. The first-order valence-electron chi connectivity index (χ1n) is 30.1. The van der Waals surface area contributed by atoms with E-state index in [4.69, 9.17) is 14.2 Å². The summed E-state index contributed by atoms with van der Waals surface area (Å²) in [5, 5.41) is 0. The molecule has 0 N–H and O–H groups in total. The second-order valence-corrected chi connectivity index (χ2v) is 20.5. The number of allylic oxidation sites excluding steroid dienone is 12. The molecule has 0 rings (SSSR count). The van der Waals surface area contributed by atoms with Crippen LogP contribution in [-0.4, -0.2) is 82.2 Å². The molecule has 408 valence electrons. The van der Waals surface area contributed by atoms with Gasteiger partial charge in [-0.2, -0.15) is 0 Å². The SMILES string of the molecule is CCCCCC=CCC=CCCCCCCCCOCC(OCCCCCCCCC=CCC=CCCCCC)C(CCCCCCCCC=CCC=CCCCCC)OC(=O)N(C)CCCN(C)C. The molecule has 0 saturated carbocycles. The second-order valence-electron chi connectivity index (χ2n) is 20.5. The summed E-state index contributed by atoms with van der Waals surface area (Å²) in [5.74, 6) is 0. The van der Waals surface area contributed by atoms with Gasteiger partial charge < -0.3 is 24.0 Å². The van der Waals surface area contributed by atoms with E-state index >= 15 is 0 Å². The van der Waals surface area contributed by atoms with Crippen LogP contribution in [0.1, 0.15) is 265 Å². The van der Waals surface area contributed by atoms with E-state index < -0.39 is 0 Å². The highest BCUT2D eigenvalue weighted by atomic mass is 16.6. The molecule has 0 bridgehead atoms. The summed E-state index contributed by atoms with van der Waals surface area (Å²) < 4.78 is 19.4. The van der Waals surface area contributed by atoms with Gasteiger partial charge in [0, 0.05) is 26.8 Å². The number of rotatable bonds is 54. The molecule has 0 heterocycles. The molecule has 0 aromatic heterocycles. The first-order valence-corrected chi connectivity index (χ1v) is 30.1. The van der Waals surface area contributed by atoms with Gasteiger partial charge in [-0.25, -0.2) is 4.79 Å². The molecule has 0 aliphatic heterocycles. The molecule has 70 heavy (non-hydrogen) atoms. The number of ether oxygens (including phenoxy) is 3. The number of hydrogen-bond acceptors (Lipinski definition) is 5. The third kappa shape index (κ3) is 51.9. The van der Waals surface area contributed by atoms with Crippen LogP contribution in [0.15, 0.2) is 72.9 Å². The smallest absolute Gasteiger partial charge is 0.409 e. The number of carbonyl (C=O) groups excluding carboxylic acids is 1. The number of hydrogen-bond donors (Lipinski definition) is 0. The lowest BCUT2D eigenvalue weighted by Gasteiger charge is -2.29. The normalized spacial score (nSPS) is 13.3. The predicted molar refractivity (Wildman–Crippen MR) is 309 cm³/mol. The van der Waals surface area contributed by atoms with Crippen LogP contribution in [0.4, 0.5) is 4.79 Å². The van der Waals surface area contributed by atoms with Gasteiger partial charge in [-0.15, -0.1) is 0 Å². The van der Waals surface area contributed by atoms with Crippen LogP contribution < -0.4 is 0 Å². The summed E-state index contributed by atoms with van der Waals surface area (Å²) >= 11 is 0. The summed E-state index contributed by atoms with van der Waals surface area (Å²) in [6.45, 7) is 10.3. The first-order chi connectivity index (χ1) is 34.5. The standard InChI is InChI=1S/C64H118N2O4/c1-7-10-13-16-19-22-25-28-31-34-37-40-43-46-49-52-56-62(70-64(67)66(6)58-55-57-65(4)5)63(69-60-54-51-48-45-42-39-36-33-30-27-24-21-18-15-12-9-3)61-68-59-53-50-47-44-41-38-35-32-29-26-23-20-17-14-11-8-2/h19-24,28-33,62-63H,7-18,25-27,34-61H2,1-6H3. The van der Waals surface area contributed by atoms with Crippen molar-refractivity contribution in [2.45, 2.75) is 277 Å². The molecule has 0 saturated heterocycles. The number of amides is 1.